The molecular weight excluding hydrogens is 246 g/mol. The number of nitro benzene ring substituents is 1. The minimum atomic E-state index is -3.43. The highest BCUT2D eigenvalue weighted by atomic mass is 32.2. The first kappa shape index (κ1) is 13.0. The number of nitrogens with zero attached hydrogens (tertiary/aromatic N) is 1. The minimum Gasteiger partial charge on any atom is -0.490 e. The van der Waals surface area contributed by atoms with Gasteiger partial charge in [-0.1, -0.05) is 0 Å². The van der Waals surface area contributed by atoms with Crippen molar-refractivity contribution < 1.29 is 18.1 Å². The van der Waals surface area contributed by atoms with Gasteiger partial charge in [-0.25, -0.2) is 8.42 Å². The molecule has 0 radical (unpaired) electrons. The molecule has 0 unspecified atom stereocenters. The van der Waals surface area contributed by atoms with Gasteiger partial charge < -0.3 is 4.74 Å². The first-order valence-electron chi connectivity index (χ1n) is 4.38. The fraction of sp³-hybridized carbons (Fsp3) is 0.200. The van der Waals surface area contributed by atoms with Gasteiger partial charge in [-0.15, -0.1) is 0 Å². The van der Waals surface area contributed by atoms with Crippen molar-refractivity contribution in [2.45, 2.75) is 0 Å². The first-order chi connectivity index (χ1) is 7.83. The van der Waals surface area contributed by atoms with Gasteiger partial charge in [0.2, 0.25) is 9.84 Å². The molecule has 0 saturated carbocycles. The van der Waals surface area contributed by atoms with E-state index in [9.17, 15) is 18.5 Å². The predicted octanol–water partition coefficient (Wildman–Crippen LogP) is 0.957. The van der Waals surface area contributed by atoms with Gasteiger partial charge in [0, 0.05) is 16.9 Å². The highest BCUT2D eigenvalue weighted by molar-refractivity contribution is 7.95. The molecule has 0 bridgehead atoms. The van der Waals surface area contributed by atoms with Crippen LogP contribution < -0.4 is 4.74 Å². The van der Waals surface area contributed by atoms with E-state index in [-0.39, 0.29) is 17.0 Å². The number of methoxy groups -OCH3 is 1. The maximum atomic E-state index is 10.8. The SMILES string of the molecule is COc1ccc(C#CS(C)(=O)=O)cc1[N+](=O)[O-]. The summed E-state index contributed by atoms with van der Waals surface area (Å²) < 4.78 is 26.4. The maximum Gasteiger partial charge on any atom is 0.312 e. The number of hydrogen-bond donors (Lipinski definition) is 0. The molecule has 6 nitrogen and oxygen atoms in total. The molecule has 0 atom stereocenters. The van der Waals surface area contributed by atoms with E-state index in [1.54, 1.807) is 0 Å². The van der Waals surface area contributed by atoms with Crippen LogP contribution in [0.4, 0.5) is 5.69 Å². The Bertz CT molecular complexity index is 609. The molecule has 0 aliphatic heterocycles. The maximum absolute atomic E-state index is 10.8. The Morgan fingerprint density at radius 1 is 1.41 bits per heavy atom. The highest BCUT2D eigenvalue weighted by Crippen LogP contribution is 2.27. The largest absolute Gasteiger partial charge is 0.490 e. The summed E-state index contributed by atoms with van der Waals surface area (Å²) >= 11 is 0. The average molecular weight is 255 g/mol. The molecule has 0 aliphatic rings. The lowest BCUT2D eigenvalue weighted by molar-refractivity contribution is -0.385. The van der Waals surface area contributed by atoms with Crippen molar-refractivity contribution in [1.82, 2.24) is 0 Å². The third-order valence-electron chi connectivity index (χ3n) is 1.76. The third kappa shape index (κ3) is 3.77. The standard InChI is InChI=1S/C10H9NO5S/c1-16-10-4-3-8(5-6-17(2,14)15)7-9(10)11(12)13/h3-4,7H,1-2H3. The third-order valence-corrected chi connectivity index (χ3v) is 2.23. The molecule has 0 aliphatic carbocycles. The van der Waals surface area contributed by atoms with Crippen molar-refractivity contribution in [3.63, 3.8) is 0 Å². The average Bonchev–Trinajstić information content (AvgIpc) is 2.25. The van der Waals surface area contributed by atoms with Crippen LogP contribution in [0.25, 0.3) is 0 Å². The van der Waals surface area contributed by atoms with Crippen LogP contribution in [0.15, 0.2) is 18.2 Å². The van der Waals surface area contributed by atoms with E-state index in [4.69, 9.17) is 4.74 Å². The van der Waals surface area contributed by atoms with E-state index in [0.717, 1.165) is 12.3 Å². The monoisotopic (exact) mass is 255 g/mol. The van der Waals surface area contributed by atoms with Crippen LogP contribution in [0, 0.1) is 21.3 Å². The van der Waals surface area contributed by atoms with Crippen LogP contribution in [0.5, 0.6) is 5.75 Å². The Morgan fingerprint density at radius 3 is 2.53 bits per heavy atom. The molecule has 0 heterocycles. The molecule has 1 aromatic carbocycles. The topological polar surface area (TPSA) is 86.5 Å². The zero-order valence-electron chi connectivity index (χ0n) is 9.13. The molecule has 90 valence electrons. The molecule has 1 rings (SSSR count). The van der Waals surface area contributed by atoms with Crippen LogP contribution >= 0.6 is 0 Å². The summed E-state index contributed by atoms with van der Waals surface area (Å²) in [6.45, 7) is 0. The summed E-state index contributed by atoms with van der Waals surface area (Å²) in [7, 11) is -2.12. The zero-order valence-corrected chi connectivity index (χ0v) is 9.95. The van der Waals surface area contributed by atoms with Crippen molar-refractivity contribution in [3.05, 3.63) is 33.9 Å². The molecule has 7 heteroatoms. The van der Waals surface area contributed by atoms with Crippen molar-refractivity contribution >= 4 is 15.5 Å². The van der Waals surface area contributed by atoms with Gasteiger partial charge in [0.25, 0.3) is 0 Å². The van der Waals surface area contributed by atoms with Gasteiger partial charge >= 0.3 is 5.69 Å². The van der Waals surface area contributed by atoms with Crippen molar-refractivity contribution in [2.24, 2.45) is 0 Å². The second-order valence-corrected chi connectivity index (χ2v) is 4.89. The number of sulfone groups is 1. The Morgan fingerprint density at radius 2 is 2.06 bits per heavy atom. The van der Waals surface area contributed by atoms with Crippen molar-refractivity contribution in [1.29, 1.82) is 0 Å². The van der Waals surface area contributed by atoms with E-state index in [1.807, 2.05) is 5.25 Å². The van der Waals surface area contributed by atoms with Gasteiger partial charge in [-0.2, -0.15) is 0 Å². The van der Waals surface area contributed by atoms with E-state index in [1.165, 1.54) is 19.2 Å². The molecular formula is C10H9NO5S. The molecule has 17 heavy (non-hydrogen) atoms. The normalized spacial score (nSPS) is 10.2. The van der Waals surface area contributed by atoms with Gasteiger partial charge in [0.05, 0.1) is 18.3 Å². The second kappa shape index (κ2) is 4.84. The van der Waals surface area contributed by atoms with Gasteiger partial charge in [0.15, 0.2) is 5.75 Å². The first-order valence-corrected chi connectivity index (χ1v) is 6.28. The lowest BCUT2D eigenvalue weighted by Crippen LogP contribution is -1.94. The van der Waals surface area contributed by atoms with Gasteiger partial charge in [-0.3, -0.25) is 10.1 Å². The molecule has 0 aromatic heterocycles. The summed E-state index contributed by atoms with van der Waals surface area (Å²) in [6.07, 6.45) is 0.956. The van der Waals surface area contributed by atoms with Crippen LogP contribution in [0.2, 0.25) is 0 Å². The lowest BCUT2D eigenvalue weighted by Gasteiger charge is -2.00. The summed E-state index contributed by atoms with van der Waals surface area (Å²) in [4.78, 5) is 10.1. The number of ether oxygens (including phenoxy) is 1. The Kier molecular flexibility index (Phi) is 3.70. The van der Waals surface area contributed by atoms with Crippen LogP contribution in [0.3, 0.4) is 0 Å². The molecule has 0 saturated heterocycles. The van der Waals surface area contributed by atoms with Crippen LogP contribution in [0.1, 0.15) is 5.56 Å². The summed E-state index contributed by atoms with van der Waals surface area (Å²) in [5.74, 6) is 2.43. The fourth-order valence-electron chi connectivity index (χ4n) is 1.06. The molecule has 0 N–H and O–H groups in total. The van der Waals surface area contributed by atoms with E-state index in [2.05, 4.69) is 5.92 Å². The summed E-state index contributed by atoms with van der Waals surface area (Å²) in [6, 6.07) is 3.98. The molecule has 0 spiro atoms. The summed E-state index contributed by atoms with van der Waals surface area (Å²) in [5.41, 5.74) is -0.0178. The van der Waals surface area contributed by atoms with Crippen LogP contribution in [-0.2, 0) is 9.84 Å². The van der Waals surface area contributed by atoms with Crippen LogP contribution in [-0.4, -0.2) is 26.7 Å². The number of benzene rings is 1. The quantitative estimate of drug-likeness (QED) is 0.446. The summed E-state index contributed by atoms with van der Waals surface area (Å²) in [5, 5.41) is 12.7. The fourth-order valence-corrected chi connectivity index (χ4v) is 1.37. The lowest BCUT2D eigenvalue weighted by atomic mass is 10.2. The predicted molar refractivity (Wildman–Crippen MR) is 61.4 cm³/mol. The smallest absolute Gasteiger partial charge is 0.312 e. The van der Waals surface area contributed by atoms with E-state index in [0.29, 0.717) is 0 Å². The molecule has 0 amide bonds. The van der Waals surface area contributed by atoms with E-state index >= 15 is 0 Å². The minimum absolute atomic E-state index is 0.0971. The van der Waals surface area contributed by atoms with Gasteiger partial charge in [-0.05, 0) is 18.1 Å². The molecule has 1 aromatic rings. The Balaban J connectivity index is 3.25. The Hall–Kier alpha value is -2.07. The van der Waals surface area contributed by atoms with E-state index < -0.39 is 14.8 Å². The van der Waals surface area contributed by atoms with Gasteiger partial charge in [0.1, 0.15) is 0 Å². The number of hydrogen-bond acceptors (Lipinski definition) is 5. The molecule has 0 fully saturated rings. The van der Waals surface area contributed by atoms with Crippen molar-refractivity contribution in [2.75, 3.05) is 13.4 Å². The number of rotatable bonds is 2. The second-order valence-electron chi connectivity index (χ2n) is 3.14. The zero-order chi connectivity index (χ0) is 13.1. The number of nitro groups is 1. The Labute approximate surface area is 98.3 Å². The van der Waals surface area contributed by atoms with Crippen molar-refractivity contribution in [3.8, 4) is 16.9 Å². The highest BCUT2D eigenvalue weighted by Gasteiger charge is 2.14.